The number of benzene rings is 1. The van der Waals surface area contributed by atoms with Gasteiger partial charge in [-0.25, -0.2) is 0 Å². The predicted octanol–water partition coefficient (Wildman–Crippen LogP) is 3.38. The minimum absolute atomic E-state index is 0.0202. The molecule has 80 valence electrons. The summed E-state index contributed by atoms with van der Waals surface area (Å²) >= 11 is 3.35. The van der Waals surface area contributed by atoms with Gasteiger partial charge in [-0.3, -0.25) is 9.78 Å². The summed E-state index contributed by atoms with van der Waals surface area (Å²) in [7, 11) is 0. The molecule has 0 fully saturated rings. The molecule has 0 aliphatic carbocycles. The van der Waals surface area contributed by atoms with Gasteiger partial charge in [0.05, 0.1) is 0 Å². The summed E-state index contributed by atoms with van der Waals surface area (Å²) in [5.41, 5.74) is 2.20. The number of pyridine rings is 1. The van der Waals surface area contributed by atoms with E-state index in [1.54, 1.807) is 18.3 Å². The summed E-state index contributed by atoms with van der Waals surface area (Å²) in [5, 5.41) is 0. The normalized spacial score (nSPS) is 10.1. The molecule has 0 spiro atoms. The standard InChI is InChI=1S/C13H10BrNO/c1-9-7-11(5-6-15-9)13(16)10-3-2-4-12(14)8-10/h2-8H,1H3. The van der Waals surface area contributed by atoms with Crippen LogP contribution < -0.4 is 0 Å². The van der Waals surface area contributed by atoms with Crippen molar-refractivity contribution in [3.63, 3.8) is 0 Å². The van der Waals surface area contributed by atoms with E-state index in [9.17, 15) is 4.79 Å². The van der Waals surface area contributed by atoms with E-state index >= 15 is 0 Å². The summed E-state index contributed by atoms with van der Waals surface area (Å²) in [6, 6.07) is 10.9. The Balaban J connectivity index is 2.39. The number of aromatic nitrogens is 1. The second-order valence-corrected chi connectivity index (χ2v) is 4.44. The lowest BCUT2D eigenvalue weighted by atomic mass is 10.0. The molecular weight excluding hydrogens is 266 g/mol. The molecule has 0 bridgehead atoms. The fraction of sp³-hybridized carbons (Fsp3) is 0.0769. The Morgan fingerprint density at radius 1 is 1.19 bits per heavy atom. The van der Waals surface area contributed by atoms with Gasteiger partial charge in [-0.1, -0.05) is 28.1 Å². The third kappa shape index (κ3) is 2.36. The zero-order valence-electron chi connectivity index (χ0n) is 8.77. The average molecular weight is 276 g/mol. The van der Waals surface area contributed by atoms with Crippen LogP contribution in [0.15, 0.2) is 47.1 Å². The van der Waals surface area contributed by atoms with Crippen molar-refractivity contribution in [3.8, 4) is 0 Å². The molecule has 1 aromatic heterocycles. The Labute approximate surface area is 102 Å². The van der Waals surface area contributed by atoms with Crippen LogP contribution in [0, 0.1) is 6.92 Å². The molecule has 16 heavy (non-hydrogen) atoms. The summed E-state index contributed by atoms with van der Waals surface area (Å²) in [5.74, 6) is 0.0202. The van der Waals surface area contributed by atoms with Gasteiger partial charge >= 0.3 is 0 Å². The van der Waals surface area contributed by atoms with Gasteiger partial charge in [0, 0.05) is 27.5 Å². The Bertz CT molecular complexity index is 489. The zero-order valence-corrected chi connectivity index (χ0v) is 10.4. The number of carbonyl (C=O) groups is 1. The first-order valence-corrected chi connectivity index (χ1v) is 5.69. The number of hydrogen-bond donors (Lipinski definition) is 0. The summed E-state index contributed by atoms with van der Waals surface area (Å²) in [6.07, 6.45) is 1.65. The molecule has 0 aliphatic rings. The number of carbonyl (C=O) groups excluding carboxylic acids is 1. The number of nitrogens with zero attached hydrogens (tertiary/aromatic N) is 1. The Morgan fingerprint density at radius 3 is 2.62 bits per heavy atom. The molecule has 0 radical (unpaired) electrons. The van der Waals surface area contributed by atoms with Gasteiger partial charge < -0.3 is 0 Å². The monoisotopic (exact) mass is 275 g/mol. The summed E-state index contributed by atoms with van der Waals surface area (Å²) in [4.78, 5) is 16.2. The van der Waals surface area contributed by atoms with Gasteiger partial charge in [0.2, 0.25) is 0 Å². The Morgan fingerprint density at radius 2 is 1.94 bits per heavy atom. The molecule has 0 atom stereocenters. The van der Waals surface area contributed by atoms with Crippen LogP contribution in [-0.2, 0) is 0 Å². The van der Waals surface area contributed by atoms with E-state index in [1.807, 2.05) is 31.2 Å². The molecule has 0 N–H and O–H groups in total. The van der Waals surface area contributed by atoms with E-state index in [2.05, 4.69) is 20.9 Å². The van der Waals surface area contributed by atoms with Gasteiger partial charge in [-0.05, 0) is 31.2 Å². The highest BCUT2D eigenvalue weighted by molar-refractivity contribution is 9.10. The molecule has 2 nitrogen and oxygen atoms in total. The topological polar surface area (TPSA) is 30.0 Å². The van der Waals surface area contributed by atoms with E-state index in [4.69, 9.17) is 0 Å². The Hall–Kier alpha value is -1.48. The largest absolute Gasteiger partial charge is 0.289 e. The molecular formula is C13H10BrNO. The lowest BCUT2D eigenvalue weighted by Crippen LogP contribution is -2.01. The fourth-order valence-corrected chi connectivity index (χ4v) is 1.88. The van der Waals surface area contributed by atoms with Crippen molar-refractivity contribution < 1.29 is 4.79 Å². The van der Waals surface area contributed by atoms with Crippen LogP contribution in [0.4, 0.5) is 0 Å². The van der Waals surface area contributed by atoms with Gasteiger partial charge in [0.25, 0.3) is 0 Å². The molecule has 0 unspecified atom stereocenters. The first kappa shape index (κ1) is 11.0. The number of rotatable bonds is 2. The highest BCUT2D eigenvalue weighted by Crippen LogP contribution is 2.15. The minimum atomic E-state index is 0.0202. The third-order valence-corrected chi connectivity index (χ3v) is 2.74. The molecule has 2 rings (SSSR count). The lowest BCUT2D eigenvalue weighted by Gasteiger charge is -2.02. The highest BCUT2D eigenvalue weighted by Gasteiger charge is 2.09. The summed E-state index contributed by atoms with van der Waals surface area (Å²) < 4.78 is 0.907. The zero-order chi connectivity index (χ0) is 11.5. The van der Waals surface area contributed by atoms with Crippen molar-refractivity contribution in [3.05, 3.63) is 63.9 Å². The maximum Gasteiger partial charge on any atom is 0.193 e. The van der Waals surface area contributed by atoms with Crippen LogP contribution in [0.1, 0.15) is 21.6 Å². The molecule has 1 aromatic carbocycles. The molecule has 0 saturated carbocycles. The van der Waals surface area contributed by atoms with E-state index in [-0.39, 0.29) is 5.78 Å². The minimum Gasteiger partial charge on any atom is -0.289 e. The first-order chi connectivity index (χ1) is 7.66. The average Bonchev–Trinajstić information content (AvgIpc) is 2.28. The molecule has 0 aliphatic heterocycles. The third-order valence-electron chi connectivity index (χ3n) is 2.25. The van der Waals surface area contributed by atoms with E-state index < -0.39 is 0 Å². The van der Waals surface area contributed by atoms with Crippen molar-refractivity contribution >= 4 is 21.7 Å². The number of halogens is 1. The Kier molecular flexibility index (Phi) is 3.15. The van der Waals surface area contributed by atoms with E-state index in [0.717, 1.165) is 10.2 Å². The molecule has 0 saturated heterocycles. The van der Waals surface area contributed by atoms with Gasteiger partial charge in [0.1, 0.15) is 0 Å². The van der Waals surface area contributed by atoms with Crippen LogP contribution in [0.2, 0.25) is 0 Å². The van der Waals surface area contributed by atoms with E-state index in [0.29, 0.717) is 11.1 Å². The maximum absolute atomic E-state index is 12.1. The summed E-state index contributed by atoms with van der Waals surface area (Å²) in [6.45, 7) is 1.87. The van der Waals surface area contributed by atoms with Gasteiger partial charge in [-0.2, -0.15) is 0 Å². The number of aryl methyl sites for hydroxylation is 1. The van der Waals surface area contributed by atoms with E-state index in [1.165, 1.54) is 0 Å². The molecule has 2 aromatic rings. The van der Waals surface area contributed by atoms with Gasteiger partial charge in [-0.15, -0.1) is 0 Å². The van der Waals surface area contributed by atoms with Crippen molar-refractivity contribution in [1.82, 2.24) is 4.98 Å². The first-order valence-electron chi connectivity index (χ1n) is 4.90. The number of ketones is 1. The van der Waals surface area contributed by atoms with Crippen molar-refractivity contribution in [1.29, 1.82) is 0 Å². The fourth-order valence-electron chi connectivity index (χ4n) is 1.48. The van der Waals surface area contributed by atoms with Gasteiger partial charge in [0.15, 0.2) is 5.78 Å². The second-order valence-electron chi connectivity index (χ2n) is 3.53. The SMILES string of the molecule is Cc1cc(C(=O)c2cccc(Br)c2)ccn1. The van der Waals surface area contributed by atoms with Crippen molar-refractivity contribution in [2.45, 2.75) is 6.92 Å². The highest BCUT2D eigenvalue weighted by atomic mass is 79.9. The second kappa shape index (κ2) is 4.58. The van der Waals surface area contributed by atoms with Crippen LogP contribution in [0.5, 0.6) is 0 Å². The smallest absolute Gasteiger partial charge is 0.193 e. The van der Waals surface area contributed by atoms with Crippen molar-refractivity contribution in [2.24, 2.45) is 0 Å². The number of hydrogen-bond acceptors (Lipinski definition) is 2. The van der Waals surface area contributed by atoms with Crippen LogP contribution in [-0.4, -0.2) is 10.8 Å². The molecule has 1 heterocycles. The van der Waals surface area contributed by atoms with Crippen molar-refractivity contribution in [2.75, 3.05) is 0 Å². The van der Waals surface area contributed by atoms with Crippen LogP contribution in [0.25, 0.3) is 0 Å². The lowest BCUT2D eigenvalue weighted by molar-refractivity contribution is 0.103. The molecule has 3 heteroatoms. The van der Waals surface area contributed by atoms with Crippen LogP contribution >= 0.6 is 15.9 Å². The molecule has 0 amide bonds. The quantitative estimate of drug-likeness (QED) is 0.787. The van der Waals surface area contributed by atoms with Crippen LogP contribution in [0.3, 0.4) is 0 Å². The maximum atomic E-state index is 12.1. The predicted molar refractivity (Wildman–Crippen MR) is 66.5 cm³/mol.